The maximum Gasteiger partial charge on any atom is 0.454 e. The zero-order valence-corrected chi connectivity index (χ0v) is 11.1. The van der Waals surface area contributed by atoms with Crippen LogP contribution in [0.4, 0.5) is 13.2 Å². The minimum Gasteiger partial charge on any atom is -0.493 e. The van der Waals surface area contributed by atoms with E-state index in [9.17, 15) is 18.0 Å². The van der Waals surface area contributed by atoms with Crippen molar-refractivity contribution in [1.29, 1.82) is 0 Å². The standard InChI is InChI=1S/C15H17F3O2/c16-15(17,18)14(19)12-7-4-8-13(9-12)20-10-11-5-2-1-3-6-11/h4,7-9,11H,1-3,5-6,10H2. The smallest absolute Gasteiger partial charge is 0.454 e. The molecule has 1 aliphatic carbocycles. The van der Waals surface area contributed by atoms with Gasteiger partial charge in [0.05, 0.1) is 6.61 Å². The summed E-state index contributed by atoms with van der Waals surface area (Å²) in [6.07, 6.45) is 0.956. The second kappa shape index (κ2) is 6.29. The number of carbonyl (C=O) groups excluding carboxylic acids is 1. The van der Waals surface area contributed by atoms with Crippen LogP contribution in [0.3, 0.4) is 0 Å². The van der Waals surface area contributed by atoms with Gasteiger partial charge in [0.2, 0.25) is 0 Å². The average molecular weight is 286 g/mol. The quantitative estimate of drug-likeness (QED) is 0.767. The largest absolute Gasteiger partial charge is 0.493 e. The lowest BCUT2D eigenvalue weighted by Crippen LogP contribution is -2.22. The highest BCUT2D eigenvalue weighted by Crippen LogP contribution is 2.26. The van der Waals surface area contributed by atoms with Crippen LogP contribution < -0.4 is 4.74 Å². The van der Waals surface area contributed by atoms with Gasteiger partial charge in [-0.05, 0) is 30.9 Å². The number of alkyl halides is 3. The molecule has 0 heterocycles. The van der Waals surface area contributed by atoms with Gasteiger partial charge in [0.1, 0.15) is 5.75 Å². The Morgan fingerprint density at radius 1 is 1.20 bits per heavy atom. The van der Waals surface area contributed by atoms with Crippen molar-refractivity contribution in [2.75, 3.05) is 6.61 Å². The number of rotatable bonds is 4. The molecule has 0 saturated heterocycles. The molecule has 0 aromatic heterocycles. The van der Waals surface area contributed by atoms with Crippen molar-refractivity contribution in [1.82, 2.24) is 0 Å². The highest BCUT2D eigenvalue weighted by Gasteiger charge is 2.39. The number of halogens is 3. The van der Waals surface area contributed by atoms with E-state index in [2.05, 4.69) is 0 Å². The van der Waals surface area contributed by atoms with Gasteiger partial charge in [-0.15, -0.1) is 0 Å². The molecule has 1 fully saturated rings. The fraction of sp³-hybridized carbons (Fsp3) is 0.533. The Bertz CT molecular complexity index is 462. The van der Waals surface area contributed by atoms with Crippen LogP contribution in [0.15, 0.2) is 24.3 Å². The summed E-state index contributed by atoms with van der Waals surface area (Å²) in [5, 5.41) is 0. The van der Waals surface area contributed by atoms with E-state index < -0.39 is 12.0 Å². The molecule has 110 valence electrons. The molecule has 1 saturated carbocycles. The van der Waals surface area contributed by atoms with Gasteiger partial charge >= 0.3 is 6.18 Å². The molecule has 0 unspecified atom stereocenters. The van der Waals surface area contributed by atoms with Gasteiger partial charge in [-0.25, -0.2) is 0 Å². The van der Waals surface area contributed by atoms with Crippen LogP contribution in [-0.4, -0.2) is 18.6 Å². The van der Waals surface area contributed by atoms with Crippen molar-refractivity contribution >= 4 is 5.78 Å². The van der Waals surface area contributed by atoms with Gasteiger partial charge in [-0.1, -0.05) is 31.4 Å². The Morgan fingerprint density at radius 3 is 2.55 bits per heavy atom. The molecule has 0 amide bonds. The Kier molecular flexibility index (Phi) is 4.68. The van der Waals surface area contributed by atoms with Gasteiger partial charge in [-0.3, -0.25) is 4.79 Å². The number of ether oxygens (including phenoxy) is 1. The maximum absolute atomic E-state index is 12.4. The molecule has 2 rings (SSSR count). The van der Waals surface area contributed by atoms with E-state index in [-0.39, 0.29) is 5.56 Å². The summed E-state index contributed by atoms with van der Waals surface area (Å²) in [7, 11) is 0. The van der Waals surface area contributed by atoms with E-state index in [1.807, 2.05) is 0 Å². The molecule has 20 heavy (non-hydrogen) atoms. The molecule has 0 bridgehead atoms. The van der Waals surface area contributed by atoms with Crippen LogP contribution in [0, 0.1) is 5.92 Å². The molecule has 0 N–H and O–H groups in total. The summed E-state index contributed by atoms with van der Waals surface area (Å²) < 4.78 is 42.6. The number of benzene rings is 1. The first-order chi connectivity index (χ1) is 9.47. The van der Waals surface area contributed by atoms with Crippen molar-refractivity contribution < 1.29 is 22.7 Å². The van der Waals surface area contributed by atoms with Gasteiger partial charge in [-0.2, -0.15) is 13.2 Å². The number of hydrogen-bond donors (Lipinski definition) is 0. The third-order valence-corrected chi connectivity index (χ3v) is 3.56. The van der Waals surface area contributed by atoms with Crippen LogP contribution in [0.2, 0.25) is 0 Å². The van der Waals surface area contributed by atoms with E-state index in [1.165, 1.54) is 31.4 Å². The third kappa shape index (κ3) is 3.99. The highest BCUT2D eigenvalue weighted by molar-refractivity contribution is 6.00. The van der Waals surface area contributed by atoms with Crippen LogP contribution in [0.5, 0.6) is 5.75 Å². The molecular formula is C15H17F3O2. The fourth-order valence-electron chi connectivity index (χ4n) is 2.46. The Hall–Kier alpha value is -1.52. The lowest BCUT2D eigenvalue weighted by molar-refractivity contribution is -0.0885. The predicted octanol–water partition coefficient (Wildman–Crippen LogP) is 4.39. The highest BCUT2D eigenvalue weighted by atomic mass is 19.4. The van der Waals surface area contributed by atoms with Crippen LogP contribution in [0.25, 0.3) is 0 Å². The Morgan fingerprint density at radius 2 is 1.90 bits per heavy atom. The first-order valence-electron chi connectivity index (χ1n) is 6.81. The molecule has 5 heteroatoms. The molecule has 1 aromatic carbocycles. The summed E-state index contributed by atoms with van der Waals surface area (Å²) in [6, 6.07) is 5.31. The summed E-state index contributed by atoms with van der Waals surface area (Å²) in [6.45, 7) is 0.504. The number of carbonyl (C=O) groups is 1. The lowest BCUT2D eigenvalue weighted by Gasteiger charge is -2.21. The monoisotopic (exact) mass is 286 g/mol. The van der Waals surface area contributed by atoms with E-state index in [0.29, 0.717) is 18.3 Å². The second-order valence-corrected chi connectivity index (χ2v) is 5.17. The summed E-state index contributed by atoms with van der Waals surface area (Å²) in [5.41, 5.74) is -0.376. The van der Waals surface area contributed by atoms with E-state index in [4.69, 9.17) is 4.74 Å². The Labute approximate surface area is 115 Å². The second-order valence-electron chi connectivity index (χ2n) is 5.17. The molecular weight excluding hydrogens is 269 g/mol. The minimum atomic E-state index is -4.85. The summed E-state index contributed by atoms with van der Waals surface area (Å²) in [4.78, 5) is 11.1. The van der Waals surface area contributed by atoms with Crippen molar-refractivity contribution in [3.8, 4) is 5.75 Å². The molecule has 0 aliphatic heterocycles. The SMILES string of the molecule is O=C(c1cccc(OCC2CCCCC2)c1)C(F)(F)F. The minimum absolute atomic E-state index is 0.325. The van der Waals surface area contributed by atoms with Crippen LogP contribution in [0.1, 0.15) is 42.5 Å². The number of ketones is 1. The zero-order chi connectivity index (χ0) is 14.6. The molecule has 0 atom stereocenters. The number of Topliss-reactive ketones (excluding diaryl/α,β-unsaturated/α-hetero) is 1. The first-order valence-corrected chi connectivity index (χ1v) is 6.81. The van der Waals surface area contributed by atoms with Crippen molar-refractivity contribution in [2.45, 2.75) is 38.3 Å². The lowest BCUT2D eigenvalue weighted by atomic mass is 9.90. The van der Waals surface area contributed by atoms with E-state index in [1.54, 1.807) is 6.07 Å². The van der Waals surface area contributed by atoms with Crippen molar-refractivity contribution in [3.63, 3.8) is 0 Å². The summed E-state index contributed by atoms with van der Waals surface area (Å²) in [5.74, 6) is -1.04. The zero-order valence-electron chi connectivity index (χ0n) is 11.1. The van der Waals surface area contributed by atoms with Gasteiger partial charge in [0.15, 0.2) is 0 Å². The third-order valence-electron chi connectivity index (χ3n) is 3.56. The predicted molar refractivity (Wildman–Crippen MR) is 68.9 cm³/mol. The molecule has 0 radical (unpaired) electrons. The van der Waals surface area contributed by atoms with Crippen molar-refractivity contribution in [3.05, 3.63) is 29.8 Å². The normalized spacial score (nSPS) is 16.9. The average Bonchev–Trinajstić information content (AvgIpc) is 2.45. The molecule has 2 nitrogen and oxygen atoms in total. The fourth-order valence-corrected chi connectivity index (χ4v) is 2.46. The van der Waals surface area contributed by atoms with E-state index >= 15 is 0 Å². The van der Waals surface area contributed by atoms with Gasteiger partial charge < -0.3 is 4.74 Å². The molecule has 1 aromatic rings. The van der Waals surface area contributed by atoms with E-state index in [0.717, 1.165) is 18.9 Å². The Balaban J connectivity index is 1.97. The first kappa shape index (κ1) is 14.9. The maximum atomic E-state index is 12.4. The number of hydrogen-bond acceptors (Lipinski definition) is 2. The van der Waals surface area contributed by atoms with Gasteiger partial charge in [0, 0.05) is 5.56 Å². The molecule has 1 aliphatic rings. The van der Waals surface area contributed by atoms with Crippen LogP contribution >= 0.6 is 0 Å². The topological polar surface area (TPSA) is 26.3 Å². The summed E-state index contributed by atoms with van der Waals surface area (Å²) >= 11 is 0. The molecule has 0 spiro atoms. The van der Waals surface area contributed by atoms with Gasteiger partial charge in [0.25, 0.3) is 5.78 Å². The van der Waals surface area contributed by atoms with Crippen LogP contribution in [-0.2, 0) is 0 Å². The van der Waals surface area contributed by atoms with Crippen molar-refractivity contribution in [2.24, 2.45) is 5.92 Å².